The van der Waals surface area contributed by atoms with E-state index in [1.54, 1.807) is 37.1 Å². The number of nitrogen functional groups attached to an aromatic ring is 1. The van der Waals surface area contributed by atoms with E-state index in [1.165, 1.54) is 0 Å². The number of anilines is 2. The van der Waals surface area contributed by atoms with E-state index in [1.807, 2.05) is 4.90 Å². The number of nitrogens with two attached hydrogens (primary N) is 1. The van der Waals surface area contributed by atoms with E-state index in [0.717, 1.165) is 13.0 Å². The molecule has 1 fully saturated rings. The monoisotopic (exact) mass is 291 g/mol. The molecule has 1 aromatic carbocycles. The second kappa shape index (κ2) is 6.47. The van der Waals surface area contributed by atoms with Crippen LogP contribution in [0.25, 0.3) is 0 Å². The van der Waals surface area contributed by atoms with Crippen LogP contribution < -0.4 is 10.6 Å². The second-order valence-corrected chi connectivity index (χ2v) is 5.09. The first-order valence-corrected chi connectivity index (χ1v) is 7.08. The molecule has 1 amide bonds. The minimum atomic E-state index is -0.412. The Kier molecular flexibility index (Phi) is 4.67. The van der Waals surface area contributed by atoms with Crippen LogP contribution >= 0.6 is 0 Å². The molecular formula is C15H21N3O3. The van der Waals surface area contributed by atoms with Gasteiger partial charge in [-0.2, -0.15) is 0 Å². The van der Waals surface area contributed by atoms with Gasteiger partial charge in [-0.15, -0.1) is 0 Å². The highest BCUT2D eigenvalue weighted by molar-refractivity contribution is 5.97. The van der Waals surface area contributed by atoms with E-state index >= 15 is 0 Å². The summed E-state index contributed by atoms with van der Waals surface area (Å²) in [5.41, 5.74) is 7.38. The largest absolute Gasteiger partial charge is 0.462 e. The first kappa shape index (κ1) is 15.2. The summed E-state index contributed by atoms with van der Waals surface area (Å²) in [5.74, 6) is -0.371. The molecule has 0 radical (unpaired) electrons. The van der Waals surface area contributed by atoms with Gasteiger partial charge in [0.15, 0.2) is 0 Å². The van der Waals surface area contributed by atoms with Crippen molar-refractivity contribution >= 4 is 23.3 Å². The van der Waals surface area contributed by atoms with Crippen LogP contribution in [0.1, 0.15) is 23.7 Å². The van der Waals surface area contributed by atoms with Gasteiger partial charge in [0, 0.05) is 25.8 Å². The molecule has 6 heteroatoms. The van der Waals surface area contributed by atoms with Gasteiger partial charge >= 0.3 is 5.97 Å². The first-order valence-electron chi connectivity index (χ1n) is 7.08. The molecule has 0 aliphatic carbocycles. The molecule has 1 saturated heterocycles. The topological polar surface area (TPSA) is 75.9 Å². The van der Waals surface area contributed by atoms with Crippen molar-refractivity contribution < 1.29 is 14.3 Å². The maximum absolute atomic E-state index is 12.1. The smallest absolute Gasteiger partial charge is 0.340 e. The predicted octanol–water partition coefficient (Wildman–Crippen LogP) is 1.11. The van der Waals surface area contributed by atoms with Crippen molar-refractivity contribution in [2.24, 2.45) is 0 Å². The number of hydrogen-bond donors (Lipinski definition) is 1. The van der Waals surface area contributed by atoms with Gasteiger partial charge in [0.1, 0.15) is 0 Å². The molecule has 0 atom stereocenters. The lowest BCUT2D eigenvalue weighted by atomic mass is 10.1. The van der Waals surface area contributed by atoms with Crippen LogP contribution in [0, 0.1) is 0 Å². The van der Waals surface area contributed by atoms with Crippen molar-refractivity contribution in [1.82, 2.24) is 4.90 Å². The number of benzene rings is 1. The Morgan fingerprint density at radius 3 is 2.86 bits per heavy atom. The molecule has 2 rings (SSSR count). The third-order valence-electron chi connectivity index (χ3n) is 3.53. The number of hydrogen-bond acceptors (Lipinski definition) is 5. The third kappa shape index (κ3) is 3.45. The van der Waals surface area contributed by atoms with Gasteiger partial charge in [0.2, 0.25) is 5.91 Å². The molecule has 1 aliphatic rings. The van der Waals surface area contributed by atoms with Gasteiger partial charge in [-0.1, -0.05) is 0 Å². The Morgan fingerprint density at radius 2 is 2.14 bits per heavy atom. The van der Waals surface area contributed by atoms with Crippen molar-refractivity contribution in [3.8, 4) is 0 Å². The molecule has 2 N–H and O–H groups in total. The van der Waals surface area contributed by atoms with Crippen LogP contribution in [0.5, 0.6) is 0 Å². The van der Waals surface area contributed by atoms with Gasteiger partial charge in [0.05, 0.1) is 24.4 Å². The number of carbonyl (C=O) groups is 2. The predicted molar refractivity (Wildman–Crippen MR) is 81.3 cm³/mol. The van der Waals surface area contributed by atoms with Crippen LogP contribution in [-0.4, -0.2) is 50.1 Å². The summed E-state index contributed by atoms with van der Waals surface area (Å²) in [6, 6.07) is 5.11. The lowest BCUT2D eigenvalue weighted by Crippen LogP contribution is -2.35. The maximum atomic E-state index is 12.1. The summed E-state index contributed by atoms with van der Waals surface area (Å²) in [4.78, 5) is 27.7. The first-order chi connectivity index (χ1) is 10.0. The Bertz CT molecular complexity index is 545. The fourth-order valence-corrected chi connectivity index (χ4v) is 2.39. The molecule has 0 saturated carbocycles. The number of ether oxygens (including phenoxy) is 1. The average molecular weight is 291 g/mol. The van der Waals surface area contributed by atoms with E-state index in [-0.39, 0.29) is 12.5 Å². The molecule has 21 heavy (non-hydrogen) atoms. The Labute approximate surface area is 124 Å². The molecule has 1 heterocycles. The number of rotatable bonds is 3. The third-order valence-corrected chi connectivity index (χ3v) is 3.53. The van der Waals surface area contributed by atoms with Gasteiger partial charge in [-0.05, 0) is 31.5 Å². The van der Waals surface area contributed by atoms with Crippen LogP contribution in [0.3, 0.4) is 0 Å². The Morgan fingerprint density at radius 1 is 1.38 bits per heavy atom. The lowest BCUT2D eigenvalue weighted by molar-refractivity contribution is -0.127. The molecule has 1 aliphatic heterocycles. The van der Waals surface area contributed by atoms with Crippen molar-refractivity contribution in [3.05, 3.63) is 23.8 Å². The molecule has 1 aromatic rings. The second-order valence-electron chi connectivity index (χ2n) is 5.09. The molecule has 0 spiro atoms. The van der Waals surface area contributed by atoms with Crippen molar-refractivity contribution in [2.45, 2.75) is 13.3 Å². The summed E-state index contributed by atoms with van der Waals surface area (Å²) in [7, 11) is 1.79. The minimum absolute atomic E-state index is 0.0409. The SMILES string of the molecule is CCOC(=O)c1cc(N)ccc1N1CCCN(C)C(=O)C1. The highest BCUT2D eigenvalue weighted by Gasteiger charge is 2.23. The quantitative estimate of drug-likeness (QED) is 0.667. The van der Waals surface area contributed by atoms with E-state index in [2.05, 4.69) is 0 Å². The molecular weight excluding hydrogens is 270 g/mol. The summed E-state index contributed by atoms with van der Waals surface area (Å²) in [6.07, 6.45) is 0.856. The van der Waals surface area contributed by atoms with Gasteiger partial charge in [0.25, 0.3) is 0 Å². The summed E-state index contributed by atoms with van der Waals surface area (Å²) >= 11 is 0. The van der Waals surface area contributed by atoms with Gasteiger partial charge in [-0.3, -0.25) is 4.79 Å². The zero-order chi connectivity index (χ0) is 15.4. The highest BCUT2D eigenvalue weighted by Crippen LogP contribution is 2.25. The van der Waals surface area contributed by atoms with E-state index in [4.69, 9.17) is 10.5 Å². The fraction of sp³-hybridized carbons (Fsp3) is 0.467. The summed E-state index contributed by atoms with van der Waals surface area (Å²) in [6.45, 7) is 3.75. The number of likely N-dealkylation sites (N-methyl/N-ethyl adjacent to an activating group) is 1. The van der Waals surface area contributed by atoms with E-state index in [9.17, 15) is 9.59 Å². The molecule has 0 aromatic heterocycles. The highest BCUT2D eigenvalue weighted by atomic mass is 16.5. The van der Waals surface area contributed by atoms with Crippen molar-refractivity contribution in [1.29, 1.82) is 0 Å². The fourth-order valence-electron chi connectivity index (χ4n) is 2.39. The molecule has 0 bridgehead atoms. The Balaban J connectivity index is 2.33. The van der Waals surface area contributed by atoms with Crippen molar-refractivity contribution in [3.63, 3.8) is 0 Å². The molecule has 0 unspecified atom stereocenters. The van der Waals surface area contributed by atoms with Gasteiger partial charge < -0.3 is 20.3 Å². The number of carbonyl (C=O) groups excluding carboxylic acids is 2. The van der Waals surface area contributed by atoms with Crippen LogP contribution in [0.2, 0.25) is 0 Å². The normalized spacial score (nSPS) is 15.8. The standard InChI is InChI=1S/C15H21N3O3/c1-3-21-15(20)12-9-11(16)5-6-13(12)18-8-4-7-17(2)14(19)10-18/h5-6,9H,3-4,7-8,10,16H2,1-2H3. The number of amides is 1. The zero-order valence-electron chi connectivity index (χ0n) is 12.5. The minimum Gasteiger partial charge on any atom is -0.462 e. The van der Waals surface area contributed by atoms with Crippen molar-refractivity contribution in [2.75, 3.05) is 43.9 Å². The molecule has 6 nitrogen and oxygen atoms in total. The van der Waals surface area contributed by atoms with Crippen LogP contribution in [-0.2, 0) is 9.53 Å². The van der Waals surface area contributed by atoms with Crippen LogP contribution in [0.4, 0.5) is 11.4 Å². The summed E-state index contributed by atoms with van der Waals surface area (Å²) in [5, 5.41) is 0. The van der Waals surface area contributed by atoms with E-state index < -0.39 is 5.97 Å². The summed E-state index contributed by atoms with van der Waals surface area (Å²) < 4.78 is 5.08. The Hall–Kier alpha value is -2.24. The van der Waals surface area contributed by atoms with Gasteiger partial charge in [-0.25, -0.2) is 4.79 Å². The maximum Gasteiger partial charge on any atom is 0.340 e. The van der Waals surface area contributed by atoms with E-state index in [0.29, 0.717) is 30.1 Å². The lowest BCUT2D eigenvalue weighted by Gasteiger charge is -2.24. The number of esters is 1. The zero-order valence-corrected chi connectivity index (χ0v) is 12.5. The number of nitrogens with zero attached hydrogens (tertiary/aromatic N) is 2. The molecule has 114 valence electrons. The average Bonchev–Trinajstić information content (AvgIpc) is 2.61. The van der Waals surface area contributed by atoms with Crippen LogP contribution in [0.15, 0.2) is 18.2 Å².